The first-order valence-corrected chi connectivity index (χ1v) is 11.4. The highest BCUT2D eigenvalue weighted by Gasteiger charge is 2.40. The molecule has 148 valence electrons. The van der Waals surface area contributed by atoms with Gasteiger partial charge >= 0.3 is 0 Å². The number of carbonyl (C=O) groups excluding carboxylic acids is 1. The molecule has 2 saturated carbocycles. The van der Waals surface area contributed by atoms with Crippen LogP contribution >= 0.6 is 11.6 Å². The molecule has 2 N–H and O–H groups in total. The summed E-state index contributed by atoms with van der Waals surface area (Å²) < 4.78 is 27.7. The predicted molar refractivity (Wildman–Crippen MR) is 110 cm³/mol. The van der Waals surface area contributed by atoms with E-state index in [0.717, 1.165) is 17.9 Å². The lowest BCUT2D eigenvalue weighted by Gasteiger charge is -2.23. The van der Waals surface area contributed by atoms with Crippen LogP contribution in [0.15, 0.2) is 47.4 Å². The molecule has 2 aromatic rings. The molecule has 0 saturated heterocycles. The Kier molecular flexibility index (Phi) is 5.10. The molecule has 0 spiro atoms. The Balaban J connectivity index is 1.52. The molecule has 0 radical (unpaired) electrons. The Hall–Kier alpha value is -2.05. The number of carbonyl (C=O) groups is 1. The van der Waals surface area contributed by atoms with Gasteiger partial charge in [0.25, 0.3) is 15.9 Å². The highest BCUT2D eigenvalue weighted by molar-refractivity contribution is 7.92. The Labute approximate surface area is 170 Å². The zero-order valence-corrected chi connectivity index (χ0v) is 17.2. The van der Waals surface area contributed by atoms with Crippen molar-refractivity contribution in [1.82, 2.24) is 5.32 Å². The fourth-order valence-corrected chi connectivity index (χ4v) is 5.61. The van der Waals surface area contributed by atoms with E-state index in [1.54, 1.807) is 36.4 Å². The van der Waals surface area contributed by atoms with Crippen LogP contribution in [0, 0.1) is 18.8 Å². The maximum atomic E-state index is 12.8. The van der Waals surface area contributed by atoms with E-state index < -0.39 is 10.0 Å². The van der Waals surface area contributed by atoms with Gasteiger partial charge in [0.2, 0.25) is 0 Å². The van der Waals surface area contributed by atoms with Crippen LogP contribution in [-0.2, 0) is 10.0 Å². The second-order valence-corrected chi connectivity index (χ2v) is 9.96. The van der Waals surface area contributed by atoms with E-state index in [1.165, 1.54) is 25.3 Å². The van der Waals surface area contributed by atoms with E-state index in [1.807, 2.05) is 6.92 Å². The summed E-state index contributed by atoms with van der Waals surface area (Å²) in [6, 6.07) is 11.4. The highest BCUT2D eigenvalue weighted by atomic mass is 35.5. The number of nitrogens with one attached hydrogen (secondary N) is 2. The van der Waals surface area contributed by atoms with E-state index >= 15 is 0 Å². The molecule has 1 amide bonds. The molecule has 0 aromatic heterocycles. The summed E-state index contributed by atoms with van der Waals surface area (Å²) in [5.41, 5.74) is 1.57. The molecular formula is C21H23ClN2O3S. The fraction of sp³-hybridized carbons (Fsp3) is 0.381. The van der Waals surface area contributed by atoms with Crippen LogP contribution in [0.25, 0.3) is 0 Å². The lowest BCUT2D eigenvalue weighted by Crippen LogP contribution is -2.38. The topological polar surface area (TPSA) is 75.3 Å². The van der Waals surface area contributed by atoms with Gasteiger partial charge in [-0.25, -0.2) is 8.42 Å². The molecule has 0 unspecified atom stereocenters. The Morgan fingerprint density at radius 3 is 2.46 bits per heavy atom. The number of hydrogen-bond acceptors (Lipinski definition) is 3. The molecule has 2 bridgehead atoms. The second-order valence-electron chi connectivity index (χ2n) is 7.87. The standard InChI is InChI=1S/C21H23ClN2O3S/c1-13-2-7-17(8-3-13)28(26,27)24-16-6-9-19(22)18(12-16)21(25)23-20-11-14-4-5-15(20)10-14/h2-3,6-9,12,14-15,20,24H,4-5,10-11H2,1H3,(H,23,25)/t14-,15-,20-/m0/s1. The minimum Gasteiger partial charge on any atom is -0.349 e. The smallest absolute Gasteiger partial charge is 0.261 e. The van der Waals surface area contributed by atoms with Gasteiger partial charge in [0.1, 0.15) is 0 Å². The van der Waals surface area contributed by atoms with Crippen LogP contribution < -0.4 is 10.0 Å². The lowest BCUT2D eigenvalue weighted by molar-refractivity contribution is 0.0923. The summed E-state index contributed by atoms with van der Waals surface area (Å²) in [4.78, 5) is 12.9. The molecule has 3 atom stereocenters. The van der Waals surface area contributed by atoms with Gasteiger partial charge in [0, 0.05) is 11.7 Å². The first kappa shape index (κ1) is 19.3. The van der Waals surface area contributed by atoms with Crippen molar-refractivity contribution in [3.05, 3.63) is 58.6 Å². The van der Waals surface area contributed by atoms with Crippen molar-refractivity contribution in [2.24, 2.45) is 11.8 Å². The number of fused-ring (bicyclic) bond motifs is 2. The highest BCUT2D eigenvalue weighted by Crippen LogP contribution is 2.44. The molecule has 2 aliphatic rings. The van der Waals surface area contributed by atoms with Gasteiger partial charge in [-0.3, -0.25) is 9.52 Å². The molecule has 0 heterocycles. The largest absolute Gasteiger partial charge is 0.349 e. The fourth-order valence-electron chi connectivity index (χ4n) is 4.36. The molecule has 2 fully saturated rings. The van der Waals surface area contributed by atoms with Gasteiger partial charge in [0.05, 0.1) is 15.5 Å². The molecule has 0 aliphatic heterocycles. The third kappa shape index (κ3) is 3.89. The number of anilines is 1. The molecule has 4 rings (SSSR count). The zero-order chi connectivity index (χ0) is 19.9. The molecule has 5 nitrogen and oxygen atoms in total. The zero-order valence-electron chi connectivity index (χ0n) is 15.6. The van der Waals surface area contributed by atoms with Gasteiger partial charge in [-0.05, 0) is 68.4 Å². The van der Waals surface area contributed by atoms with Crippen LogP contribution in [0.1, 0.15) is 41.6 Å². The maximum Gasteiger partial charge on any atom is 0.261 e. The van der Waals surface area contributed by atoms with Gasteiger partial charge in [-0.2, -0.15) is 0 Å². The van der Waals surface area contributed by atoms with Crippen molar-refractivity contribution in [1.29, 1.82) is 0 Å². The van der Waals surface area contributed by atoms with Crippen molar-refractivity contribution in [2.75, 3.05) is 4.72 Å². The Morgan fingerprint density at radius 1 is 1.07 bits per heavy atom. The van der Waals surface area contributed by atoms with Gasteiger partial charge in [0.15, 0.2) is 0 Å². The average molecular weight is 419 g/mol. The van der Waals surface area contributed by atoms with Crippen LogP contribution in [-0.4, -0.2) is 20.4 Å². The van der Waals surface area contributed by atoms with Gasteiger partial charge < -0.3 is 5.32 Å². The quantitative estimate of drug-likeness (QED) is 0.757. The number of benzene rings is 2. The lowest BCUT2D eigenvalue weighted by atomic mass is 9.95. The van der Waals surface area contributed by atoms with Gasteiger partial charge in [-0.1, -0.05) is 35.7 Å². The molecule has 2 aliphatic carbocycles. The number of rotatable bonds is 5. The van der Waals surface area contributed by atoms with Crippen LogP contribution in [0.2, 0.25) is 5.02 Å². The normalized spacial score (nSPS) is 23.6. The van der Waals surface area contributed by atoms with E-state index in [0.29, 0.717) is 16.6 Å². The number of halogens is 1. The third-order valence-electron chi connectivity index (χ3n) is 5.85. The molecule has 28 heavy (non-hydrogen) atoms. The van der Waals surface area contributed by atoms with Crippen molar-refractivity contribution >= 4 is 33.2 Å². The Bertz CT molecular complexity index is 1000. The van der Waals surface area contributed by atoms with E-state index in [9.17, 15) is 13.2 Å². The van der Waals surface area contributed by atoms with Crippen molar-refractivity contribution in [3.63, 3.8) is 0 Å². The summed E-state index contributed by atoms with van der Waals surface area (Å²) in [6.07, 6.45) is 4.64. The van der Waals surface area contributed by atoms with Crippen molar-refractivity contribution in [3.8, 4) is 0 Å². The van der Waals surface area contributed by atoms with Crippen molar-refractivity contribution in [2.45, 2.75) is 43.5 Å². The summed E-state index contributed by atoms with van der Waals surface area (Å²) in [6.45, 7) is 1.89. The van der Waals surface area contributed by atoms with Crippen molar-refractivity contribution < 1.29 is 13.2 Å². The van der Waals surface area contributed by atoms with Crippen LogP contribution in [0.5, 0.6) is 0 Å². The van der Waals surface area contributed by atoms with E-state index in [4.69, 9.17) is 11.6 Å². The number of aryl methyl sites for hydroxylation is 1. The minimum atomic E-state index is -3.74. The summed E-state index contributed by atoms with van der Waals surface area (Å²) in [5, 5.41) is 3.40. The minimum absolute atomic E-state index is 0.168. The maximum absolute atomic E-state index is 12.8. The number of hydrogen-bond donors (Lipinski definition) is 2. The first-order chi connectivity index (χ1) is 13.3. The van der Waals surface area contributed by atoms with Crippen LogP contribution in [0.3, 0.4) is 0 Å². The molecule has 2 aromatic carbocycles. The summed E-state index contributed by atoms with van der Waals surface area (Å²) in [5.74, 6) is 1.02. The monoisotopic (exact) mass is 418 g/mol. The van der Waals surface area contributed by atoms with Crippen LogP contribution in [0.4, 0.5) is 5.69 Å². The predicted octanol–water partition coefficient (Wildman–Crippen LogP) is 4.37. The third-order valence-corrected chi connectivity index (χ3v) is 7.58. The summed E-state index contributed by atoms with van der Waals surface area (Å²) in [7, 11) is -3.74. The number of sulfonamides is 1. The van der Waals surface area contributed by atoms with E-state index in [-0.39, 0.29) is 22.4 Å². The van der Waals surface area contributed by atoms with E-state index in [2.05, 4.69) is 10.0 Å². The number of amides is 1. The average Bonchev–Trinajstić information content (AvgIpc) is 3.26. The summed E-state index contributed by atoms with van der Waals surface area (Å²) >= 11 is 6.22. The first-order valence-electron chi connectivity index (χ1n) is 9.52. The Morgan fingerprint density at radius 2 is 1.82 bits per heavy atom. The SMILES string of the molecule is Cc1ccc(S(=O)(=O)Nc2ccc(Cl)c(C(=O)N[C@H]3C[C@H]4CC[C@H]3C4)c2)cc1. The molecule has 7 heteroatoms. The second kappa shape index (κ2) is 7.41. The van der Waals surface area contributed by atoms with Gasteiger partial charge in [-0.15, -0.1) is 0 Å². The molecular weight excluding hydrogens is 396 g/mol.